The molecule has 0 saturated carbocycles. The molecule has 6 nitrogen and oxygen atoms in total. The molecule has 0 atom stereocenters. The Kier molecular flexibility index (Phi) is 3.84. The third kappa shape index (κ3) is 3.03. The molecule has 0 unspecified atom stereocenters. The summed E-state index contributed by atoms with van der Waals surface area (Å²) >= 11 is 0. The average Bonchev–Trinajstić information content (AvgIpc) is 2.69. The Bertz CT molecular complexity index is 630. The number of carbonyl (C=O) groups is 2. The van der Waals surface area contributed by atoms with Gasteiger partial charge in [-0.05, 0) is 23.8 Å². The van der Waals surface area contributed by atoms with Crippen LogP contribution in [0.1, 0.15) is 19.4 Å². The highest BCUT2D eigenvalue weighted by Gasteiger charge is 2.19. The Morgan fingerprint density at radius 3 is 2.65 bits per heavy atom. The summed E-state index contributed by atoms with van der Waals surface area (Å²) in [6.07, 6.45) is 1.57. The molecule has 0 aromatic heterocycles. The molecule has 1 aliphatic heterocycles. The molecule has 2 rings (SSSR count). The number of methoxy groups -OCH3 is 1. The van der Waals surface area contributed by atoms with E-state index < -0.39 is 11.9 Å². The van der Waals surface area contributed by atoms with Crippen LogP contribution < -0.4 is 9.47 Å². The fraction of sp³-hybridized carbons (Fsp3) is 0.214. The number of hydrogen-bond donors (Lipinski definition) is 0. The molecule has 1 aliphatic rings. The van der Waals surface area contributed by atoms with Gasteiger partial charge in [0.25, 0.3) is 0 Å². The van der Waals surface area contributed by atoms with E-state index in [0.29, 0.717) is 23.0 Å². The van der Waals surface area contributed by atoms with Crippen molar-refractivity contribution >= 4 is 23.9 Å². The lowest BCUT2D eigenvalue weighted by Crippen LogP contribution is -2.03. The molecule has 1 aromatic carbocycles. The second-order valence-corrected chi connectivity index (χ2v) is 4.05. The Balaban J connectivity index is 2.33. The highest BCUT2D eigenvalue weighted by atomic mass is 16.6. The van der Waals surface area contributed by atoms with E-state index in [-0.39, 0.29) is 5.70 Å². The molecule has 0 radical (unpaired) electrons. The average molecular weight is 275 g/mol. The lowest BCUT2D eigenvalue weighted by molar-refractivity contribution is -0.132. The molecule has 0 fully saturated rings. The van der Waals surface area contributed by atoms with Crippen LogP contribution in [0, 0.1) is 0 Å². The zero-order valence-electron chi connectivity index (χ0n) is 11.3. The van der Waals surface area contributed by atoms with Crippen molar-refractivity contribution in [2.45, 2.75) is 13.8 Å². The normalized spacial score (nSPS) is 15.8. The van der Waals surface area contributed by atoms with Gasteiger partial charge in [-0.3, -0.25) is 4.79 Å². The van der Waals surface area contributed by atoms with Gasteiger partial charge in [0.1, 0.15) is 0 Å². The molecular weight excluding hydrogens is 262 g/mol. The molecule has 1 heterocycles. The third-order valence-electron chi connectivity index (χ3n) is 2.47. The van der Waals surface area contributed by atoms with Crippen molar-refractivity contribution in [2.75, 3.05) is 7.11 Å². The molecule has 0 amide bonds. The fourth-order valence-corrected chi connectivity index (χ4v) is 1.69. The summed E-state index contributed by atoms with van der Waals surface area (Å²) < 4.78 is 15.0. The number of rotatable bonds is 3. The van der Waals surface area contributed by atoms with E-state index in [0.717, 1.165) is 0 Å². The van der Waals surface area contributed by atoms with E-state index in [1.54, 1.807) is 31.2 Å². The van der Waals surface area contributed by atoms with Crippen molar-refractivity contribution in [3.8, 4) is 11.5 Å². The Morgan fingerprint density at radius 1 is 1.35 bits per heavy atom. The first-order valence-corrected chi connectivity index (χ1v) is 5.85. The predicted octanol–water partition coefficient (Wildman–Crippen LogP) is 1.94. The van der Waals surface area contributed by atoms with E-state index in [2.05, 4.69) is 4.99 Å². The minimum absolute atomic E-state index is 0.213. The number of benzene rings is 1. The Hall–Kier alpha value is -2.63. The number of ether oxygens (including phenoxy) is 3. The highest BCUT2D eigenvalue weighted by molar-refractivity contribution is 6.06. The fourth-order valence-electron chi connectivity index (χ4n) is 1.69. The molecule has 6 heteroatoms. The summed E-state index contributed by atoms with van der Waals surface area (Å²) in [7, 11) is 1.46. The van der Waals surface area contributed by atoms with Gasteiger partial charge < -0.3 is 14.2 Å². The molecule has 0 bridgehead atoms. The van der Waals surface area contributed by atoms with Gasteiger partial charge in [-0.1, -0.05) is 6.07 Å². The Labute approximate surface area is 115 Å². The summed E-state index contributed by atoms with van der Waals surface area (Å²) in [6, 6.07) is 4.91. The third-order valence-corrected chi connectivity index (χ3v) is 2.47. The van der Waals surface area contributed by atoms with Crippen LogP contribution in [0.5, 0.6) is 11.5 Å². The number of esters is 2. The standard InChI is InChI=1S/C14H13NO5/c1-8-15-11(14(17)19-8)6-10-4-5-12(20-9(2)16)13(7-10)18-3/h4-7H,1-3H3/b11-6-. The quantitative estimate of drug-likeness (QED) is 0.479. The SMILES string of the molecule is COc1cc(/C=C2\N=C(C)OC2=O)ccc1OC(C)=O. The van der Waals surface area contributed by atoms with Crippen molar-refractivity contribution in [1.82, 2.24) is 0 Å². The summed E-state index contributed by atoms with van der Waals surface area (Å²) in [5.74, 6) is 0.0849. The highest BCUT2D eigenvalue weighted by Crippen LogP contribution is 2.29. The maximum atomic E-state index is 11.5. The minimum Gasteiger partial charge on any atom is -0.493 e. The van der Waals surface area contributed by atoms with Crippen LogP contribution in [0.25, 0.3) is 6.08 Å². The van der Waals surface area contributed by atoms with Gasteiger partial charge in [-0.15, -0.1) is 0 Å². The van der Waals surface area contributed by atoms with Crippen LogP contribution in [-0.4, -0.2) is 24.9 Å². The van der Waals surface area contributed by atoms with Gasteiger partial charge in [0.15, 0.2) is 23.1 Å². The molecular formula is C14H13NO5. The molecule has 1 aromatic rings. The van der Waals surface area contributed by atoms with Gasteiger partial charge in [0.05, 0.1) is 7.11 Å². The van der Waals surface area contributed by atoms with Crippen molar-refractivity contribution in [3.63, 3.8) is 0 Å². The van der Waals surface area contributed by atoms with Crippen LogP contribution in [-0.2, 0) is 14.3 Å². The van der Waals surface area contributed by atoms with E-state index >= 15 is 0 Å². The second kappa shape index (κ2) is 5.56. The van der Waals surface area contributed by atoms with Crippen molar-refractivity contribution < 1.29 is 23.8 Å². The number of carbonyl (C=O) groups excluding carboxylic acids is 2. The molecule has 0 spiro atoms. The summed E-state index contributed by atoms with van der Waals surface area (Å²) in [4.78, 5) is 26.4. The minimum atomic E-state index is -0.495. The van der Waals surface area contributed by atoms with Crippen LogP contribution in [0.3, 0.4) is 0 Å². The number of nitrogens with zero attached hydrogens (tertiary/aromatic N) is 1. The molecule has 0 N–H and O–H groups in total. The van der Waals surface area contributed by atoms with E-state index in [9.17, 15) is 9.59 Å². The van der Waals surface area contributed by atoms with Gasteiger partial charge >= 0.3 is 11.9 Å². The zero-order chi connectivity index (χ0) is 14.7. The van der Waals surface area contributed by atoms with Crippen LogP contribution in [0.2, 0.25) is 0 Å². The largest absolute Gasteiger partial charge is 0.493 e. The van der Waals surface area contributed by atoms with Gasteiger partial charge in [0.2, 0.25) is 0 Å². The predicted molar refractivity (Wildman–Crippen MR) is 71.5 cm³/mol. The zero-order valence-corrected chi connectivity index (χ0v) is 11.3. The molecule has 0 saturated heterocycles. The van der Waals surface area contributed by atoms with Crippen LogP contribution in [0.4, 0.5) is 0 Å². The monoisotopic (exact) mass is 275 g/mol. The maximum Gasteiger partial charge on any atom is 0.363 e. The van der Waals surface area contributed by atoms with Crippen molar-refractivity contribution in [1.29, 1.82) is 0 Å². The van der Waals surface area contributed by atoms with Gasteiger partial charge in [-0.25, -0.2) is 9.79 Å². The molecule has 104 valence electrons. The smallest absolute Gasteiger partial charge is 0.363 e. The van der Waals surface area contributed by atoms with E-state index in [1.165, 1.54) is 14.0 Å². The number of cyclic esters (lactones) is 1. The summed E-state index contributed by atoms with van der Waals surface area (Å²) in [6.45, 7) is 2.91. The molecule has 0 aliphatic carbocycles. The van der Waals surface area contributed by atoms with E-state index in [4.69, 9.17) is 14.2 Å². The van der Waals surface area contributed by atoms with Crippen LogP contribution >= 0.6 is 0 Å². The van der Waals surface area contributed by atoms with Crippen LogP contribution in [0.15, 0.2) is 28.9 Å². The lowest BCUT2D eigenvalue weighted by Gasteiger charge is -2.08. The van der Waals surface area contributed by atoms with Crippen molar-refractivity contribution in [3.05, 3.63) is 29.5 Å². The summed E-state index contributed by atoms with van der Waals surface area (Å²) in [5, 5.41) is 0. The first-order valence-electron chi connectivity index (χ1n) is 5.85. The first kappa shape index (κ1) is 13.8. The lowest BCUT2D eigenvalue weighted by atomic mass is 10.1. The Morgan fingerprint density at radius 2 is 2.10 bits per heavy atom. The number of hydrogen-bond acceptors (Lipinski definition) is 6. The molecule has 20 heavy (non-hydrogen) atoms. The number of aliphatic imine (C=N–C) groups is 1. The first-order chi connectivity index (χ1) is 9.49. The maximum absolute atomic E-state index is 11.5. The van der Waals surface area contributed by atoms with E-state index in [1.807, 2.05) is 0 Å². The second-order valence-electron chi connectivity index (χ2n) is 4.05. The van der Waals surface area contributed by atoms with Gasteiger partial charge in [0, 0.05) is 13.8 Å². The summed E-state index contributed by atoms with van der Waals surface area (Å²) in [5.41, 5.74) is 0.896. The van der Waals surface area contributed by atoms with Gasteiger partial charge in [-0.2, -0.15) is 0 Å². The van der Waals surface area contributed by atoms with Crippen molar-refractivity contribution in [2.24, 2.45) is 4.99 Å². The topological polar surface area (TPSA) is 74.2 Å².